The molecule has 0 fully saturated rings. The number of hydrogen-bond acceptors (Lipinski definition) is 5. The third-order valence-electron chi connectivity index (χ3n) is 1.78. The lowest BCUT2D eigenvalue weighted by Crippen LogP contribution is -2.12. The smallest absolute Gasteiger partial charge is 0.211 e. The van der Waals surface area contributed by atoms with Crippen molar-refractivity contribution in [2.75, 3.05) is 40.1 Å². The Labute approximate surface area is 108 Å². The van der Waals surface area contributed by atoms with Crippen LogP contribution in [0.2, 0.25) is 0 Å². The summed E-state index contributed by atoms with van der Waals surface area (Å²) in [6.07, 6.45) is 1.69. The van der Waals surface area contributed by atoms with E-state index >= 15 is 0 Å². The van der Waals surface area contributed by atoms with Gasteiger partial charge >= 0.3 is 0 Å². The summed E-state index contributed by atoms with van der Waals surface area (Å²) in [6, 6.07) is 0. The number of rotatable bonds is 9. The fourth-order valence-corrected chi connectivity index (χ4v) is 1.40. The Bertz CT molecular complexity index is 283. The molecule has 1 aromatic heterocycles. The molecule has 0 aromatic carbocycles. The van der Waals surface area contributed by atoms with Crippen LogP contribution in [0.1, 0.15) is 0 Å². The molecular weight excluding hydrogens is 325 g/mol. The Hall–Kier alpha value is -0.250. The number of ether oxygens (including phenoxy) is 3. The van der Waals surface area contributed by atoms with Gasteiger partial charge in [-0.1, -0.05) is 0 Å². The largest absolute Gasteiger partial charge is 0.382 e. The molecule has 92 valence electrons. The Kier molecular flexibility index (Phi) is 7.64. The summed E-state index contributed by atoms with van der Waals surface area (Å²) in [5, 5.41) is 4.13. The van der Waals surface area contributed by atoms with E-state index in [1.807, 2.05) is 0 Å². The highest BCUT2D eigenvalue weighted by Crippen LogP contribution is 1.93. The van der Waals surface area contributed by atoms with Gasteiger partial charge in [0.05, 0.1) is 39.6 Å². The molecule has 0 amide bonds. The molecule has 0 aliphatic heterocycles. The van der Waals surface area contributed by atoms with Crippen LogP contribution < -0.4 is 0 Å². The van der Waals surface area contributed by atoms with Gasteiger partial charge in [0.2, 0.25) is 3.83 Å². The van der Waals surface area contributed by atoms with Crippen LogP contribution in [0.5, 0.6) is 0 Å². The first kappa shape index (κ1) is 13.8. The molecule has 0 spiro atoms. The van der Waals surface area contributed by atoms with Gasteiger partial charge in [0, 0.05) is 29.7 Å². The standard InChI is InChI=1S/C9H16IN3O3/c1-14-4-5-16-7-6-15-3-2-13-8-11-9(10)12-13/h8H,2-7H2,1H3. The van der Waals surface area contributed by atoms with Gasteiger partial charge in [-0.05, 0) is 0 Å². The van der Waals surface area contributed by atoms with Crippen molar-refractivity contribution in [1.82, 2.24) is 14.8 Å². The number of halogens is 1. The minimum atomic E-state index is 0.593. The van der Waals surface area contributed by atoms with Gasteiger partial charge in [-0.15, -0.1) is 5.10 Å². The van der Waals surface area contributed by atoms with E-state index in [4.69, 9.17) is 14.2 Å². The highest BCUT2D eigenvalue weighted by atomic mass is 127. The average Bonchev–Trinajstić information content (AvgIpc) is 2.68. The third-order valence-corrected chi connectivity index (χ3v) is 2.27. The first-order valence-corrected chi connectivity index (χ1v) is 6.10. The quantitative estimate of drug-likeness (QED) is 0.485. The number of methoxy groups -OCH3 is 1. The maximum Gasteiger partial charge on any atom is 0.211 e. The zero-order valence-electron chi connectivity index (χ0n) is 9.26. The Morgan fingerprint density at radius 3 is 2.50 bits per heavy atom. The molecule has 0 saturated carbocycles. The van der Waals surface area contributed by atoms with Crippen molar-refractivity contribution in [2.24, 2.45) is 0 Å². The van der Waals surface area contributed by atoms with Gasteiger partial charge in [-0.25, -0.2) is 9.67 Å². The van der Waals surface area contributed by atoms with Crippen LogP contribution in [-0.2, 0) is 20.8 Å². The summed E-state index contributed by atoms with van der Waals surface area (Å²) in [5.74, 6) is 0. The van der Waals surface area contributed by atoms with Crippen molar-refractivity contribution in [3.8, 4) is 0 Å². The first-order chi connectivity index (χ1) is 7.83. The second-order valence-electron chi connectivity index (χ2n) is 2.99. The predicted octanol–water partition coefficient (Wildman–Crippen LogP) is 0.562. The van der Waals surface area contributed by atoms with Gasteiger partial charge < -0.3 is 14.2 Å². The van der Waals surface area contributed by atoms with E-state index in [-0.39, 0.29) is 0 Å². The Morgan fingerprint density at radius 2 is 1.88 bits per heavy atom. The van der Waals surface area contributed by atoms with E-state index in [0.29, 0.717) is 39.6 Å². The van der Waals surface area contributed by atoms with Crippen molar-refractivity contribution in [1.29, 1.82) is 0 Å². The first-order valence-electron chi connectivity index (χ1n) is 5.02. The lowest BCUT2D eigenvalue weighted by Gasteiger charge is -2.05. The third kappa shape index (κ3) is 6.36. The molecule has 1 rings (SSSR count). The fourth-order valence-electron chi connectivity index (χ4n) is 1.00. The number of nitrogens with zero attached hydrogens (tertiary/aromatic N) is 3. The van der Waals surface area contributed by atoms with Crippen molar-refractivity contribution < 1.29 is 14.2 Å². The van der Waals surface area contributed by atoms with Crippen molar-refractivity contribution >= 4 is 22.6 Å². The molecule has 0 bridgehead atoms. The summed E-state index contributed by atoms with van der Waals surface area (Å²) < 4.78 is 18.0. The van der Waals surface area contributed by atoms with Crippen LogP contribution in [0.4, 0.5) is 0 Å². The molecule has 7 heteroatoms. The van der Waals surface area contributed by atoms with Gasteiger partial charge in [-0.3, -0.25) is 0 Å². The van der Waals surface area contributed by atoms with E-state index < -0.39 is 0 Å². The van der Waals surface area contributed by atoms with E-state index in [1.165, 1.54) is 0 Å². The molecule has 0 N–H and O–H groups in total. The van der Waals surface area contributed by atoms with E-state index in [0.717, 1.165) is 3.83 Å². The highest BCUT2D eigenvalue weighted by molar-refractivity contribution is 14.1. The second-order valence-corrected chi connectivity index (χ2v) is 3.96. The maximum absolute atomic E-state index is 5.37. The van der Waals surface area contributed by atoms with Crippen LogP contribution >= 0.6 is 22.6 Å². The van der Waals surface area contributed by atoms with E-state index in [9.17, 15) is 0 Å². The van der Waals surface area contributed by atoms with Crippen molar-refractivity contribution in [3.63, 3.8) is 0 Å². The fraction of sp³-hybridized carbons (Fsp3) is 0.778. The number of hydrogen-bond donors (Lipinski definition) is 0. The van der Waals surface area contributed by atoms with Gasteiger partial charge in [0.25, 0.3) is 0 Å². The molecule has 0 unspecified atom stereocenters. The molecule has 0 aliphatic carbocycles. The molecule has 0 aliphatic rings. The predicted molar refractivity (Wildman–Crippen MR) is 66.3 cm³/mol. The summed E-state index contributed by atoms with van der Waals surface area (Å²) in [5.41, 5.74) is 0. The van der Waals surface area contributed by atoms with Gasteiger partial charge in [-0.2, -0.15) is 0 Å². The lowest BCUT2D eigenvalue weighted by molar-refractivity contribution is 0.0225. The monoisotopic (exact) mass is 341 g/mol. The summed E-state index contributed by atoms with van der Waals surface area (Å²) in [4.78, 5) is 4.01. The van der Waals surface area contributed by atoms with E-state index in [2.05, 4.69) is 32.7 Å². The van der Waals surface area contributed by atoms with Crippen LogP contribution in [-0.4, -0.2) is 54.9 Å². The normalized spacial score (nSPS) is 10.9. The molecule has 1 heterocycles. The molecule has 0 atom stereocenters. The summed E-state index contributed by atoms with van der Waals surface area (Å²) >= 11 is 2.07. The van der Waals surface area contributed by atoms with Crippen LogP contribution in [0.3, 0.4) is 0 Å². The number of aromatic nitrogens is 3. The molecule has 0 saturated heterocycles. The van der Waals surface area contributed by atoms with Crippen molar-refractivity contribution in [2.45, 2.75) is 6.54 Å². The molecule has 0 radical (unpaired) electrons. The molecular formula is C9H16IN3O3. The summed E-state index contributed by atoms with van der Waals surface area (Å²) in [6.45, 7) is 3.76. The van der Waals surface area contributed by atoms with Crippen molar-refractivity contribution in [3.05, 3.63) is 10.2 Å². The van der Waals surface area contributed by atoms with Gasteiger partial charge in [0.15, 0.2) is 0 Å². The summed E-state index contributed by atoms with van der Waals surface area (Å²) in [7, 11) is 1.65. The second kappa shape index (κ2) is 8.85. The minimum Gasteiger partial charge on any atom is -0.382 e. The topological polar surface area (TPSA) is 58.4 Å². The molecule has 16 heavy (non-hydrogen) atoms. The molecule has 6 nitrogen and oxygen atoms in total. The van der Waals surface area contributed by atoms with Crippen LogP contribution in [0.15, 0.2) is 6.33 Å². The lowest BCUT2D eigenvalue weighted by atomic mass is 10.6. The SMILES string of the molecule is COCCOCCOCCn1cnc(I)n1. The van der Waals surface area contributed by atoms with Gasteiger partial charge in [0.1, 0.15) is 6.33 Å². The Balaban J connectivity index is 1.88. The minimum absolute atomic E-state index is 0.593. The highest BCUT2D eigenvalue weighted by Gasteiger charge is 1.96. The molecule has 1 aromatic rings. The van der Waals surface area contributed by atoms with Crippen LogP contribution in [0, 0.1) is 3.83 Å². The maximum atomic E-state index is 5.37. The zero-order valence-corrected chi connectivity index (χ0v) is 11.4. The Morgan fingerprint density at radius 1 is 1.19 bits per heavy atom. The average molecular weight is 341 g/mol. The zero-order chi connectivity index (χ0) is 11.6. The van der Waals surface area contributed by atoms with Crippen LogP contribution in [0.25, 0.3) is 0 Å². The van der Waals surface area contributed by atoms with E-state index in [1.54, 1.807) is 18.1 Å².